The van der Waals surface area contributed by atoms with Gasteiger partial charge in [-0.15, -0.1) is 0 Å². The average Bonchev–Trinajstić information content (AvgIpc) is 3.16. The molecular weight excluding hydrogens is 446 g/mol. The number of fused-ring (bicyclic) bond motifs is 1. The van der Waals surface area contributed by atoms with Crippen LogP contribution >= 0.6 is 15.9 Å². The molecular formula is C23H20BrN3O3. The van der Waals surface area contributed by atoms with Crippen molar-refractivity contribution in [1.29, 1.82) is 0 Å². The number of nitrogens with zero attached hydrogens (tertiary/aromatic N) is 1. The Bertz CT molecular complexity index is 1130. The number of nitrogens with one attached hydrogen (secondary N) is 2. The molecule has 152 valence electrons. The molecule has 0 aliphatic heterocycles. The number of benzene rings is 3. The summed E-state index contributed by atoms with van der Waals surface area (Å²) in [4.78, 5) is 12.4. The van der Waals surface area contributed by atoms with E-state index >= 15 is 0 Å². The molecule has 1 heterocycles. The number of halogens is 1. The van der Waals surface area contributed by atoms with Crippen LogP contribution in [-0.4, -0.2) is 29.3 Å². The van der Waals surface area contributed by atoms with Gasteiger partial charge >= 0.3 is 0 Å². The van der Waals surface area contributed by atoms with E-state index in [2.05, 4.69) is 31.4 Å². The Morgan fingerprint density at radius 1 is 1.00 bits per heavy atom. The SMILES string of the molecule is O=C(Nc1n[nH]c2cc(OCCOCc3ccccc3)ccc12)c1ccc(Br)cc1. The number of carbonyl (C=O) groups is 1. The van der Waals surface area contributed by atoms with Gasteiger partial charge in [0.2, 0.25) is 0 Å². The number of amides is 1. The monoisotopic (exact) mass is 465 g/mol. The molecule has 0 spiro atoms. The Kier molecular flexibility index (Phi) is 6.41. The summed E-state index contributed by atoms with van der Waals surface area (Å²) in [6, 6.07) is 22.7. The Morgan fingerprint density at radius 3 is 2.60 bits per heavy atom. The van der Waals surface area contributed by atoms with Gasteiger partial charge in [0, 0.05) is 21.5 Å². The Hall–Kier alpha value is -3.16. The minimum Gasteiger partial charge on any atom is -0.491 e. The molecule has 4 aromatic rings. The predicted molar refractivity (Wildman–Crippen MR) is 120 cm³/mol. The van der Waals surface area contributed by atoms with Crippen molar-refractivity contribution in [2.75, 3.05) is 18.5 Å². The molecule has 1 aromatic heterocycles. The maximum atomic E-state index is 12.4. The fourth-order valence-corrected chi connectivity index (χ4v) is 3.21. The molecule has 0 saturated carbocycles. The smallest absolute Gasteiger partial charge is 0.256 e. The predicted octanol–water partition coefficient (Wildman–Crippen LogP) is 5.17. The molecule has 2 N–H and O–H groups in total. The van der Waals surface area contributed by atoms with E-state index in [0.29, 0.717) is 37.0 Å². The van der Waals surface area contributed by atoms with Crippen LogP contribution in [0.3, 0.4) is 0 Å². The maximum absolute atomic E-state index is 12.4. The van der Waals surface area contributed by atoms with E-state index in [4.69, 9.17) is 9.47 Å². The van der Waals surface area contributed by atoms with E-state index < -0.39 is 0 Å². The van der Waals surface area contributed by atoms with Crippen LogP contribution < -0.4 is 10.1 Å². The number of carbonyl (C=O) groups excluding carboxylic acids is 1. The van der Waals surface area contributed by atoms with Crippen LogP contribution in [0.2, 0.25) is 0 Å². The van der Waals surface area contributed by atoms with Gasteiger partial charge in [0.05, 0.1) is 18.7 Å². The van der Waals surface area contributed by atoms with Crippen LogP contribution in [0.25, 0.3) is 10.9 Å². The lowest BCUT2D eigenvalue weighted by molar-refractivity contribution is 0.0889. The zero-order chi connectivity index (χ0) is 20.8. The average molecular weight is 466 g/mol. The van der Waals surface area contributed by atoms with E-state index in [-0.39, 0.29) is 5.91 Å². The fraction of sp³-hybridized carbons (Fsp3) is 0.130. The van der Waals surface area contributed by atoms with Crippen molar-refractivity contribution in [3.8, 4) is 5.75 Å². The molecule has 0 saturated heterocycles. The summed E-state index contributed by atoms with van der Waals surface area (Å²) in [5, 5.41) is 10.8. The third kappa shape index (κ3) is 5.06. The second-order valence-corrected chi connectivity index (χ2v) is 7.54. The highest BCUT2D eigenvalue weighted by atomic mass is 79.9. The summed E-state index contributed by atoms with van der Waals surface area (Å²) in [7, 11) is 0. The molecule has 4 rings (SSSR count). The van der Waals surface area contributed by atoms with Crippen molar-refractivity contribution in [3.63, 3.8) is 0 Å². The third-order valence-electron chi connectivity index (χ3n) is 4.48. The van der Waals surface area contributed by atoms with Crippen molar-refractivity contribution in [2.24, 2.45) is 0 Å². The van der Waals surface area contributed by atoms with Crippen LogP contribution in [0.5, 0.6) is 5.75 Å². The summed E-state index contributed by atoms with van der Waals surface area (Å²) in [5.41, 5.74) is 2.47. The standard InChI is InChI=1S/C23H20BrN3O3/c24-18-8-6-17(7-9-18)23(28)25-22-20-11-10-19(14-21(20)26-27-22)30-13-12-29-15-16-4-2-1-3-5-16/h1-11,14H,12-13,15H2,(H2,25,26,27,28). The van der Waals surface area contributed by atoms with E-state index in [1.807, 2.05) is 60.7 Å². The van der Waals surface area contributed by atoms with E-state index in [9.17, 15) is 4.79 Å². The van der Waals surface area contributed by atoms with Gasteiger partial charge in [0.25, 0.3) is 5.91 Å². The molecule has 0 atom stereocenters. The van der Waals surface area contributed by atoms with Crippen LogP contribution in [0.1, 0.15) is 15.9 Å². The summed E-state index contributed by atoms with van der Waals surface area (Å²) < 4.78 is 12.3. The molecule has 0 bridgehead atoms. The summed E-state index contributed by atoms with van der Waals surface area (Å²) in [5.74, 6) is 0.975. The van der Waals surface area contributed by atoms with Gasteiger partial charge < -0.3 is 14.8 Å². The highest BCUT2D eigenvalue weighted by Crippen LogP contribution is 2.25. The molecule has 0 fully saturated rings. The van der Waals surface area contributed by atoms with Gasteiger partial charge in [0.15, 0.2) is 5.82 Å². The van der Waals surface area contributed by atoms with Crippen LogP contribution in [0.15, 0.2) is 77.3 Å². The van der Waals surface area contributed by atoms with E-state index in [1.54, 1.807) is 12.1 Å². The van der Waals surface area contributed by atoms with Gasteiger partial charge in [-0.1, -0.05) is 46.3 Å². The van der Waals surface area contributed by atoms with E-state index in [0.717, 1.165) is 20.9 Å². The zero-order valence-electron chi connectivity index (χ0n) is 16.1. The van der Waals surface area contributed by atoms with Crippen molar-refractivity contribution in [2.45, 2.75) is 6.61 Å². The molecule has 0 aliphatic rings. The minimum atomic E-state index is -0.216. The summed E-state index contributed by atoms with van der Waals surface area (Å²) in [6.45, 7) is 1.50. The molecule has 30 heavy (non-hydrogen) atoms. The van der Waals surface area contributed by atoms with Crippen LogP contribution in [0.4, 0.5) is 5.82 Å². The number of rotatable bonds is 8. The first-order valence-corrected chi connectivity index (χ1v) is 10.3. The van der Waals surface area contributed by atoms with E-state index in [1.165, 1.54) is 0 Å². The lowest BCUT2D eigenvalue weighted by Crippen LogP contribution is -2.12. The fourth-order valence-electron chi connectivity index (χ4n) is 2.95. The van der Waals surface area contributed by atoms with Gasteiger partial charge in [-0.05, 0) is 42.0 Å². The first-order valence-electron chi connectivity index (χ1n) is 9.48. The molecule has 0 unspecified atom stereocenters. The first-order chi connectivity index (χ1) is 14.7. The molecule has 6 nitrogen and oxygen atoms in total. The lowest BCUT2D eigenvalue weighted by Gasteiger charge is -2.08. The van der Waals surface area contributed by atoms with Gasteiger partial charge in [-0.3, -0.25) is 9.89 Å². The van der Waals surface area contributed by atoms with Crippen molar-refractivity contribution >= 4 is 38.6 Å². The number of anilines is 1. The number of aromatic amines is 1. The Balaban J connectivity index is 1.31. The lowest BCUT2D eigenvalue weighted by atomic mass is 10.2. The highest BCUT2D eigenvalue weighted by Gasteiger charge is 2.12. The second kappa shape index (κ2) is 9.56. The van der Waals surface area contributed by atoms with Gasteiger partial charge in [-0.2, -0.15) is 5.10 Å². The quantitative estimate of drug-likeness (QED) is 0.351. The number of hydrogen-bond donors (Lipinski definition) is 2. The van der Waals surface area contributed by atoms with Crippen molar-refractivity contribution in [1.82, 2.24) is 10.2 Å². The van der Waals surface area contributed by atoms with Gasteiger partial charge in [0.1, 0.15) is 12.4 Å². The number of hydrogen-bond acceptors (Lipinski definition) is 4. The highest BCUT2D eigenvalue weighted by molar-refractivity contribution is 9.10. The normalized spacial score (nSPS) is 10.8. The number of ether oxygens (including phenoxy) is 2. The summed E-state index contributed by atoms with van der Waals surface area (Å²) >= 11 is 3.36. The summed E-state index contributed by atoms with van der Waals surface area (Å²) in [6.07, 6.45) is 0. The molecule has 0 aliphatic carbocycles. The van der Waals surface area contributed by atoms with Crippen LogP contribution in [0, 0.1) is 0 Å². The maximum Gasteiger partial charge on any atom is 0.256 e. The molecule has 7 heteroatoms. The zero-order valence-corrected chi connectivity index (χ0v) is 17.7. The first kappa shape index (κ1) is 20.1. The molecule has 1 amide bonds. The molecule has 0 radical (unpaired) electrons. The molecule has 3 aromatic carbocycles. The van der Waals surface area contributed by atoms with Gasteiger partial charge in [-0.25, -0.2) is 0 Å². The number of H-pyrrole nitrogens is 1. The Morgan fingerprint density at radius 2 is 1.80 bits per heavy atom. The third-order valence-corrected chi connectivity index (χ3v) is 5.01. The van der Waals surface area contributed by atoms with Crippen molar-refractivity contribution in [3.05, 3.63) is 88.4 Å². The van der Waals surface area contributed by atoms with Crippen LogP contribution in [-0.2, 0) is 11.3 Å². The van der Waals surface area contributed by atoms with Crippen molar-refractivity contribution < 1.29 is 14.3 Å². The Labute approximate surface area is 182 Å². The number of aromatic nitrogens is 2. The topological polar surface area (TPSA) is 76.2 Å². The minimum absolute atomic E-state index is 0.216. The second-order valence-electron chi connectivity index (χ2n) is 6.63. The largest absolute Gasteiger partial charge is 0.491 e.